The molecule has 0 radical (unpaired) electrons. The fourth-order valence-electron chi connectivity index (χ4n) is 4.41. The first-order chi connectivity index (χ1) is 16.2. The van der Waals surface area contributed by atoms with Gasteiger partial charge in [-0.1, -0.05) is 66.2 Å². The fraction of sp³-hybridized carbons (Fsp3) is 0.321. The number of rotatable bonds is 9. The van der Waals surface area contributed by atoms with Gasteiger partial charge in [0, 0.05) is 31.4 Å². The van der Waals surface area contributed by atoms with Gasteiger partial charge in [-0.15, -0.1) is 0 Å². The lowest BCUT2D eigenvalue weighted by molar-refractivity contribution is 0.00828. The van der Waals surface area contributed by atoms with Crippen LogP contribution in [0.3, 0.4) is 0 Å². The van der Waals surface area contributed by atoms with Crippen LogP contribution in [-0.4, -0.2) is 54.4 Å². The highest BCUT2D eigenvalue weighted by Gasteiger charge is 2.21. The van der Waals surface area contributed by atoms with Crippen LogP contribution in [0, 0.1) is 0 Å². The molecule has 1 atom stereocenters. The zero-order valence-electron chi connectivity index (χ0n) is 19.2. The van der Waals surface area contributed by atoms with Gasteiger partial charge in [-0.25, -0.2) is 0 Å². The maximum atomic E-state index is 10.5. The number of methoxy groups -OCH3 is 1. The van der Waals surface area contributed by atoms with Crippen molar-refractivity contribution in [2.24, 2.45) is 0 Å². The number of piperidine rings is 1. The van der Waals surface area contributed by atoms with E-state index >= 15 is 0 Å². The van der Waals surface area contributed by atoms with Crippen LogP contribution >= 0.6 is 0 Å². The van der Waals surface area contributed by atoms with Crippen molar-refractivity contribution in [3.8, 4) is 5.75 Å². The lowest BCUT2D eigenvalue weighted by Gasteiger charge is -2.31. The molecular formula is C28H32N2O3. The zero-order chi connectivity index (χ0) is 22.9. The number of benzene rings is 2. The Labute approximate surface area is 196 Å². The Morgan fingerprint density at radius 2 is 1.61 bits per heavy atom. The summed E-state index contributed by atoms with van der Waals surface area (Å²) in [5.41, 5.74) is 6.31. The van der Waals surface area contributed by atoms with E-state index in [2.05, 4.69) is 70.5 Å². The van der Waals surface area contributed by atoms with E-state index in [1.165, 1.54) is 22.3 Å². The average Bonchev–Trinajstić information content (AvgIpc) is 2.87. The minimum Gasteiger partial charge on any atom is -0.495 e. The quantitative estimate of drug-likeness (QED) is 0.524. The van der Waals surface area contributed by atoms with E-state index in [1.54, 1.807) is 19.5 Å². The second-order valence-corrected chi connectivity index (χ2v) is 8.37. The molecule has 2 heterocycles. The Morgan fingerprint density at radius 1 is 0.970 bits per heavy atom. The molecule has 0 aliphatic carbocycles. The zero-order valence-corrected chi connectivity index (χ0v) is 19.2. The third-order valence-electron chi connectivity index (χ3n) is 6.06. The summed E-state index contributed by atoms with van der Waals surface area (Å²) >= 11 is 0. The molecule has 2 aromatic carbocycles. The van der Waals surface area contributed by atoms with Gasteiger partial charge in [0.05, 0.1) is 32.6 Å². The van der Waals surface area contributed by atoms with E-state index in [1.807, 2.05) is 6.07 Å². The van der Waals surface area contributed by atoms with Gasteiger partial charge in [-0.3, -0.25) is 4.98 Å². The summed E-state index contributed by atoms with van der Waals surface area (Å²) in [5.74, 6) is 0.704. The number of pyridine rings is 1. The highest BCUT2D eigenvalue weighted by molar-refractivity contribution is 5.82. The molecule has 4 rings (SSSR count). The molecule has 1 aliphatic rings. The Hall–Kier alpha value is -2.99. The third kappa shape index (κ3) is 6.29. The number of hydrogen-bond donors (Lipinski definition) is 1. The molecule has 1 unspecified atom stereocenters. The summed E-state index contributed by atoms with van der Waals surface area (Å²) in [6.45, 7) is 3.19. The van der Waals surface area contributed by atoms with Gasteiger partial charge in [-0.05, 0) is 35.6 Å². The first-order valence-electron chi connectivity index (χ1n) is 11.5. The van der Waals surface area contributed by atoms with Crippen LogP contribution in [0.5, 0.6) is 5.75 Å². The second-order valence-electron chi connectivity index (χ2n) is 8.37. The van der Waals surface area contributed by atoms with Crippen LogP contribution < -0.4 is 4.74 Å². The van der Waals surface area contributed by atoms with E-state index < -0.39 is 6.10 Å². The number of aromatic nitrogens is 1. The van der Waals surface area contributed by atoms with Crippen molar-refractivity contribution < 1.29 is 14.6 Å². The van der Waals surface area contributed by atoms with Crippen molar-refractivity contribution in [2.75, 3.05) is 33.4 Å². The molecule has 172 valence electrons. The van der Waals surface area contributed by atoms with Crippen molar-refractivity contribution >= 4 is 5.57 Å². The van der Waals surface area contributed by atoms with Gasteiger partial charge in [0.2, 0.25) is 0 Å². The number of aliphatic hydroxyl groups is 1. The summed E-state index contributed by atoms with van der Waals surface area (Å²) in [6, 6.07) is 23.2. The number of β-amino-alcohol motifs (C(OH)–C–C–N with tert-alkyl or cyclic N) is 1. The summed E-state index contributed by atoms with van der Waals surface area (Å²) in [7, 11) is 1.62. The molecule has 5 heteroatoms. The van der Waals surface area contributed by atoms with Crippen LogP contribution in [0.15, 0.2) is 84.7 Å². The van der Waals surface area contributed by atoms with Crippen LogP contribution in [0.2, 0.25) is 0 Å². The number of nitrogens with zero attached hydrogens (tertiary/aromatic N) is 2. The van der Waals surface area contributed by atoms with Gasteiger partial charge in [0.25, 0.3) is 0 Å². The highest BCUT2D eigenvalue weighted by Crippen LogP contribution is 2.32. The summed E-state index contributed by atoms with van der Waals surface area (Å²) in [5, 5.41) is 10.5. The first kappa shape index (κ1) is 23.2. The van der Waals surface area contributed by atoms with Crippen LogP contribution in [0.4, 0.5) is 0 Å². The molecule has 0 bridgehead atoms. The number of hydrogen-bond acceptors (Lipinski definition) is 5. The first-order valence-corrected chi connectivity index (χ1v) is 11.5. The Morgan fingerprint density at radius 3 is 2.21 bits per heavy atom. The Kier molecular flexibility index (Phi) is 8.25. The molecule has 1 fully saturated rings. The van der Waals surface area contributed by atoms with E-state index in [4.69, 9.17) is 9.47 Å². The summed E-state index contributed by atoms with van der Waals surface area (Å²) in [4.78, 5) is 6.38. The molecule has 1 aromatic heterocycles. The van der Waals surface area contributed by atoms with Gasteiger partial charge >= 0.3 is 0 Å². The maximum Gasteiger partial charge on any atom is 0.142 e. The van der Waals surface area contributed by atoms with Gasteiger partial charge in [0.15, 0.2) is 0 Å². The molecule has 1 saturated heterocycles. The van der Waals surface area contributed by atoms with E-state index in [9.17, 15) is 5.11 Å². The molecule has 1 aliphatic heterocycles. The lowest BCUT2D eigenvalue weighted by atomic mass is 9.88. The largest absolute Gasteiger partial charge is 0.495 e. The predicted molar refractivity (Wildman–Crippen MR) is 131 cm³/mol. The minimum atomic E-state index is -0.522. The number of aliphatic hydroxyl groups excluding tert-OH is 1. The highest BCUT2D eigenvalue weighted by atomic mass is 16.5. The lowest BCUT2D eigenvalue weighted by Crippen LogP contribution is -2.38. The molecule has 3 aromatic rings. The smallest absolute Gasteiger partial charge is 0.142 e. The maximum absolute atomic E-state index is 10.5. The molecule has 0 spiro atoms. The Bertz CT molecular complexity index is 986. The number of likely N-dealkylation sites (tertiary alicyclic amines) is 1. The van der Waals surface area contributed by atoms with Gasteiger partial charge in [0.1, 0.15) is 5.75 Å². The van der Waals surface area contributed by atoms with Crippen LogP contribution in [0.25, 0.3) is 5.57 Å². The van der Waals surface area contributed by atoms with Crippen molar-refractivity contribution in [2.45, 2.75) is 25.6 Å². The predicted octanol–water partition coefficient (Wildman–Crippen LogP) is 4.57. The van der Waals surface area contributed by atoms with Crippen molar-refractivity contribution in [3.05, 3.63) is 101 Å². The monoisotopic (exact) mass is 444 g/mol. The topological polar surface area (TPSA) is 54.8 Å². The van der Waals surface area contributed by atoms with Crippen LogP contribution in [0.1, 0.15) is 29.5 Å². The minimum absolute atomic E-state index is 0.296. The van der Waals surface area contributed by atoms with E-state index in [0.717, 1.165) is 31.5 Å². The molecular weight excluding hydrogens is 412 g/mol. The van der Waals surface area contributed by atoms with Crippen LogP contribution in [-0.2, 0) is 11.3 Å². The third-order valence-corrected chi connectivity index (χ3v) is 6.06. The average molecular weight is 445 g/mol. The fourth-order valence-corrected chi connectivity index (χ4v) is 4.41. The normalized spacial score (nSPS) is 15.3. The van der Waals surface area contributed by atoms with Gasteiger partial charge < -0.3 is 19.5 Å². The second kappa shape index (κ2) is 11.8. The molecule has 0 amide bonds. The van der Waals surface area contributed by atoms with E-state index in [-0.39, 0.29) is 0 Å². The van der Waals surface area contributed by atoms with Crippen molar-refractivity contribution in [1.82, 2.24) is 9.88 Å². The SMILES string of the molecule is COc1cnccc1COCC(O)CN1CCC(=C(c2ccccc2)c2ccccc2)CC1. The van der Waals surface area contributed by atoms with E-state index in [0.29, 0.717) is 25.5 Å². The van der Waals surface area contributed by atoms with Gasteiger partial charge in [-0.2, -0.15) is 0 Å². The Balaban J connectivity index is 1.33. The molecule has 5 nitrogen and oxygen atoms in total. The molecule has 33 heavy (non-hydrogen) atoms. The van der Waals surface area contributed by atoms with Crippen molar-refractivity contribution in [3.63, 3.8) is 0 Å². The summed E-state index contributed by atoms with van der Waals surface area (Å²) in [6.07, 6.45) is 4.87. The molecule has 1 N–H and O–H groups in total. The number of ether oxygens (including phenoxy) is 2. The van der Waals surface area contributed by atoms with Crippen molar-refractivity contribution in [1.29, 1.82) is 0 Å². The molecule has 0 saturated carbocycles. The summed E-state index contributed by atoms with van der Waals surface area (Å²) < 4.78 is 11.0. The standard InChI is InChI=1S/C28H32N2O3/c1-32-27-18-29-15-12-25(27)20-33-21-26(31)19-30-16-13-24(14-17-30)28(22-8-4-2-5-9-22)23-10-6-3-7-11-23/h2-12,15,18,26,31H,13-14,16-17,19-21H2,1H3.